The molecule has 0 unspecified atom stereocenters. The summed E-state index contributed by atoms with van der Waals surface area (Å²) in [4.78, 5) is 23.9. The Labute approximate surface area is 170 Å². The maximum atomic E-state index is 12.7. The Morgan fingerprint density at radius 1 is 1.21 bits per heavy atom. The van der Waals surface area contributed by atoms with Crippen LogP contribution in [0.5, 0.6) is 5.75 Å². The van der Waals surface area contributed by atoms with Crippen LogP contribution in [0.3, 0.4) is 0 Å². The summed E-state index contributed by atoms with van der Waals surface area (Å²) in [5.74, 6) is -0.196. The molecule has 29 heavy (non-hydrogen) atoms. The van der Waals surface area contributed by atoms with Crippen LogP contribution in [0.1, 0.15) is 23.2 Å². The Hall–Kier alpha value is -3.00. The van der Waals surface area contributed by atoms with Gasteiger partial charge in [0, 0.05) is 41.7 Å². The molecule has 0 fully saturated rings. The van der Waals surface area contributed by atoms with Crippen molar-refractivity contribution in [2.45, 2.75) is 32.9 Å². The number of aryl methyl sites for hydroxylation is 1. The average Bonchev–Trinajstić information content (AvgIpc) is 3.00. The number of carbonyl (C=O) groups excluding carboxylic acids is 1. The van der Waals surface area contributed by atoms with E-state index in [-0.39, 0.29) is 29.5 Å². The van der Waals surface area contributed by atoms with E-state index in [2.05, 4.69) is 10.1 Å². The number of hydrogen-bond donors (Lipinski definition) is 1. The number of ether oxygens (including phenoxy) is 1. The zero-order valence-corrected chi connectivity index (χ0v) is 16.5. The number of thiazole rings is 1. The van der Waals surface area contributed by atoms with E-state index in [4.69, 9.17) is 0 Å². The summed E-state index contributed by atoms with van der Waals surface area (Å²) in [6.07, 6.45) is 0.511. The van der Waals surface area contributed by atoms with Gasteiger partial charge >= 0.3 is 11.5 Å². The fourth-order valence-electron chi connectivity index (χ4n) is 2.93. The van der Waals surface area contributed by atoms with Gasteiger partial charge in [-0.3, -0.25) is 9.59 Å². The number of carbonyl (C=O) groups is 1. The molecule has 1 heterocycles. The van der Waals surface area contributed by atoms with Crippen LogP contribution in [0.2, 0.25) is 0 Å². The molecule has 0 aliphatic heterocycles. The van der Waals surface area contributed by atoms with E-state index in [1.54, 1.807) is 16.0 Å². The number of benzene rings is 2. The average molecular weight is 418 g/mol. The second-order valence-corrected chi connectivity index (χ2v) is 7.28. The standard InChI is InChI=1S/C21H20F2N2O3S/c1-14-13-29-21(27)25(14)10-9-19(26)24-17-7-8-18(28-20(22)23)16(12-17)11-15-5-3-2-4-6-15/h2-8,12-13,20H,9-11H2,1H3,(H,24,26). The molecule has 8 heteroatoms. The van der Waals surface area contributed by atoms with Crippen LogP contribution in [0, 0.1) is 6.92 Å². The van der Waals surface area contributed by atoms with E-state index < -0.39 is 6.61 Å². The van der Waals surface area contributed by atoms with Gasteiger partial charge in [-0.2, -0.15) is 8.78 Å². The summed E-state index contributed by atoms with van der Waals surface area (Å²) < 4.78 is 31.6. The molecule has 0 radical (unpaired) electrons. The van der Waals surface area contributed by atoms with Crippen LogP contribution >= 0.6 is 11.3 Å². The molecule has 0 spiro atoms. The van der Waals surface area contributed by atoms with Crippen LogP contribution in [0.15, 0.2) is 58.7 Å². The Morgan fingerprint density at radius 2 is 1.97 bits per heavy atom. The first-order valence-electron chi connectivity index (χ1n) is 8.99. The van der Waals surface area contributed by atoms with E-state index in [1.165, 1.54) is 12.1 Å². The second kappa shape index (κ2) is 9.47. The van der Waals surface area contributed by atoms with Crippen molar-refractivity contribution in [3.63, 3.8) is 0 Å². The van der Waals surface area contributed by atoms with Crippen LogP contribution in [0.25, 0.3) is 0 Å². The van der Waals surface area contributed by atoms with E-state index in [1.807, 2.05) is 37.3 Å². The van der Waals surface area contributed by atoms with Crippen molar-refractivity contribution in [2.24, 2.45) is 0 Å². The lowest BCUT2D eigenvalue weighted by Gasteiger charge is -2.14. The van der Waals surface area contributed by atoms with Gasteiger partial charge in [0.05, 0.1) is 0 Å². The number of nitrogens with zero attached hydrogens (tertiary/aromatic N) is 1. The Balaban J connectivity index is 1.72. The molecule has 0 bridgehead atoms. The highest BCUT2D eigenvalue weighted by Crippen LogP contribution is 2.27. The van der Waals surface area contributed by atoms with Gasteiger partial charge in [-0.1, -0.05) is 41.7 Å². The highest BCUT2D eigenvalue weighted by Gasteiger charge is 2.13. The van der Waals surface area contributed by atoms with Crippen LogP contribution in [0.4, 0.5) is 14.5 Å². The number of anilines is 1. The first-order chi connectivity index (χ1) is 13.9. The van der Waals surface area contributed by atoms with Crippen molar-refractivity contribution in [3.05, 3.63) is 80.4 Å². The summed E-state index contributed by atoms with van der Waals surface area (Å²) in [5, 5.41) is 4.50. The van der Waals surface area contributed by atoms with Crippen molar-refractivity contribution in [1.29, 1.82) is 0 Å². The number of halogens is 2. The largest absolute Gasteiger partial charge is 0.435 e. The van der Waals surface area contributed by atoms with Crippen molar-refractivity contribution >= 4 is 22.9 Å². The van der Waals surface area contributed by atoms with Gasteiger partial charge in [0.2, 0.25) is 5.91 Å². The van der Waals surface area contributed by atoms with Crippen molar-refractivity contribution in [3.8, 4) is 5.75 Å². The molecule has 3 rings (SSSR count). The van der Waals surface area contributed by atoms with Crippen molar-refractivity contribution in [2.75, 3.05) is 5.32 Å². The Bertz CT molecular complexity index is 1030. The molecule has 152 valence electrons. The quantitative estimate of drug-likeness (QED) is 0.588. The van der Waals surface area contributed by atoms with E-state index in [0.717, 1.165) is 22.6 Å². The summed E-state index contributed by atoms with van der Waals surface area (Å²) >= 11 is 1.10. The highest BCUT2D eigenvalue weighted by molar-refractivity contribution is 7.07. The molecule has 2 aromatic carbocycles. The van der Waals surface area contributed by atoms with Crippen molar-refractivity contribution < 1.29 is 18.3 Å². The molecule has 1 aromatic heterocycles. The minimum absolute atomic E-state index is 0.0716. The van der Waals surface area contributed by atoms with Crippen molar-refractivity contribution in [1.82, 2.24) is 4.57 Å². The molecule has 5 nitrogen and oxygen atoms in total. The molecular weight excluding hydrogens is 398 g/mol. The van der Waals surface area contributed by atoms with Crippen LogP contribution in [-0.2, 0) is 17.8 Å². The Morgan fingerprint density at radius 3 is 2.62 bits per heavy atom. The molecule has 1 N–H and O–H groups in total. The fraction of sp³-hybridized carbons (Fsp3) is 0.238. The summed E-state index contributed by atoms with van der Waals surface area (Å²) in [6.45, 7) is -0.839. The minimum atomic E-state index is -2.93. The summed E-state index contributed by atoms with van der Waals surface area (Å²) in [5.41, 5.74) is 2.77. The van der Waals surface area contributed by atoms with Crippen LogP contribution < -0.4 is 14.9 Å². The lowest BCUT2D eigenvalue weighted by molar-refractivity contribution is -0.116. The number of alkyl halides is 2. The first-order valence-corrected chi connectivity index (χ1v) is 9.87. The first kappa shape index (κ1) is 20.7. The lowest BCUT2D eigenvalue weighted by atomic mass is 10.0. The third-order valence-corrected chi connectivity index (χ3v) is 5.22. The van der Waals surface area contributed by atoms with Gasteiger partial charge in [0.15, 0.2) is 0 Å². The number of hydrogen-bond acceptors (Lipinski definition) is 4. The maximum absolute atomic E-state index is 12.7. The number of rotatable bonds is 8. The van der Waals surface area contributed by atoms with Gasteiger partial charge in [-0.05, 0) is 30.7 Å². The molecule has 0 aliphatic rings. The zero-order chi connectivity index (χ0) is 20.8. The highest BCUT2D eigenvalue weighted by atomic mass is 32.1. The summed E-state index contributed by atoms with van der Waals surface area (Å²) in [6, 6.07) is 13.9. The third kappa shape index (κ3) is 5.74. The number of aromatic nitrogens is 1. The fourth-order valence-corrected chi connectivity index (χ4v) is 3.69. The van der Waals surface area contributed by atoms with Crippen LogP contribution in [-0.4, -0.2) is 17.1 Å². The van der Waals surface area contributed by atoms with Gasteiger partial charge in [0.1, 0.15) is 5.75 Å². The molecule has 0 atom stereocenters. The predicted octanol–water partition coefficient (Wildman–Crippen LogP) is 4.44. The van der Waals surface area contributed by atoms with E-state index in [9.17, 15) is 18.4 Å². The number of nitrogens with one attached hydrogen (secondary N) is 1. The molecule has 3 aromatic rings. The Kier molecular flexibility index (Phi) is 6.77. The molecule has 0 aliphatic carbocycles. The molecule has 0 saturated carbocycles. The zero-order valence-electron chi connectivity index (χ0n) is 15.7. The monoisotopic (exact) mass is 418 g/mol. The SMILES string of the molecule is Cc1csc(=O)n1CCC(=O)Nc1ccc(OC(F)F)c(Cc2ccccc2)c1. The molecule has 0 saturated heterocycles. The summed E-state index contributed by atoms with van der Waals surface area (Å²) in [7, 11) is 0. The van der Waals surface area contributed by atoms with Gasteiger partial charge in [-0.15, -0.1) is 0 Å². The minimum Gasteiger partial charge on any atom is -0.435 e. The molecular formula is C21H20F2N2O3S. The van der Waals surface area contributed by atoms with Gasteiger partial charge in [0.25, 0.3) is 0 Å². The maximum Gasteiger partial charge on any atom is 0.387 e. The molecule has 1 amide bonds. The van der Waals surface area contributed by atoms with E-state index >= 15 is 0 Å². The lowest BCUT2D eigenvalue weighted by Crippen LogP contribution is -2.20. The number of amides is 1. The van der Waals surface area contributed by atoms with Gasteiger partial charge < -0.3 is 14.6 Å². The second-order valence-electron chi connectivity index (χ2n) is 6.46. The third-order valence-electron chi connectivity index (χ3n) is 4.34. The van der Waals surface area contributed by atoms with E-state index in [0.29, 0.717) is 17.7 Å². The topological polar surface area (TPSA) is 60.3 Å². The smallest absolute Gasteiger partial charge is 0.387 e. The predicted molar refractivity (Wildman–Crippen MR) is 109 cm³/mol. The normalized spacial score (nSPS) is 10.9. The van der Waals surface area contributed by atoms with Gasteiger partial charge in [-0.25, -0.2) is 0 Å².